The lowest BCUT2D eigenvalue weighted by Gasteiger charge is -1.84. The molecule has 0 aromatic carbocycles. The predicted octanol–water partition coefficient (Wildman–Crippen LogP) is 2.61. The molecule has 0 rings (SSSR count). The van der Waals surface area contributed by atoms with E-state index in [4.69, 9.17) is 0 Å². The Bertz CT molecular complexity index is 20.8. The van der Waals surface area contributed by atoms with E-state index in [1.165, 1.54) is 0 Å². The van der Waals surface area contributed by atoms with Crippen molar-refractivity contribution in [3.63, 3.8) is 0 Å². The summed E-state index contributed by atoms with van der Waals surface area (Å²) in [5.74, 6) is 0. The van der Waals surface area contributed by atoms with E-state index in [1.54, 1.807) is 22.0 Å². The van der Waals surface area contributed by atoms with Crippen LogP contribution in [0.4, 0.5) is 0 Å². The van der Waals surface area contributed by atoms with Crippen LogP contribution in [-0.2, 0) is 0 Å². The van der Waals surface area contributed by atoms with Gasteiger partial charge in [0.1, 0.15) is 0 Å². The van der Waals surface area contributed by atoms with E-state index in [2.05, 4.69) is 27.4 Å². The van der Waals surface area contributed by atoms with Crippen molar-refractivity contribution >= 4 is 49.4 Å². The summed E-state index contributed by atoms with van der Waals surface area (Å²) >= 11 is 8.98. The van der Waals surface area contributed by atoms with Crippen molar-refractivity contribution in [1.82, 2.24) is 0 Å². The average molecular weight is 205 g/mol. The van der Waals surface area contributed by atoms with Gasteiger partial charge < -0.3 is 0 Å². The van der Waals surface area contributed by atoms with Crippen LogP contribution in [0.3, 0.4) is 0 Å². The van der Waals surface area contributed by atoms with Gasteiger partial charge in [0.25, 0.3) is 0 Å². The van der Waals surface area contributed by atoms with Crippen molar-refractivity contribution in [1.29, 1.82) is 0 Å². The van der Waals surface area contributed by atoms with Gasteiger partial charge in [-0.15, -0.1) is 11.8 Å². The maximum atomic E-state index is 3.98. The molecule has 0 aromatic rings. The molecular formula is C2H5BrS3. The number of hydrogen-bond acceptors (Lipinski definition) is 3. The molecule has 0 radical (unpaired) electrons. The first-order chi connectivity index (χ1) is 2.91. The molecular weight excluding hydrogens is 200 g/mol. The van der Waals surface area contributed by atoms with Crippen molar-refractivity contribution in [2.45, 2.75) is 0 Å². The third-order valence-electron chi connectivity index (χ3n) is 0.219. The Morgan fingerprint density at radius 3 is 2.50 bits per heavy atom. The van der Waals surface area contributed by atoms with Crippen LogP contribution in [-0.4, -0.2) is 10.2 Å². The molecule has 0 atom stereocenters. The van der Waals surface area contributed by atoms with E-state index in [0.29, 0.717) is 0 Å². The molecule has 0 fully saturated rings. The molecule has 0 aromatic heterocycles. The molecule has 0 N–H and O–H groups in total. The minimum atomic E-state index is 0.915. The van der Waals surface area contributed by atoms with Gasteiger partial charge >= 0.3 is 0 Å². The Labute approximate surface area is 59.4 Å². The third-order valence-corrected chi connectivity index (χ3v) is 3.65. The third kappa shape index (κ3) is 5.53. The summed E-state index contributed by atoms with van der Waals surface area (Å²) in [5, 5.41) is 2.00. The lowest BCUT2D eigenvalue weighted by atomic mass is 11.9. The first kappa shape index (κ1) is 7.53. The van der Waals surface area contributed by atoms with Crippen LogP contribution in [0, 0.1) is 0 Å². The highest BCUT2D eigenvalue weighted by Crippen LogP contribution is 2.17. The summed E-state index contributed by atoms with van der Waals surface area (Å²) in [6.07, 6.45) is 0. The van der Waals surface area contributed by atoms with E-state index in [-0.39, 0.29) is 0 Å². The molecule has 0 saturated carbocycles. The SMILES string of the molecule is SCSCSBr. The highest BCUT2D eigenvalue weighted by Gasteiger charge is 1.77. The molecule has 38 valence electrons. The fourth-order valence-electron chi connectivity index (χ4n) is 0.0688. The molecule has 0 aliphatic heterocycles. The van der Waals surface area contributed by atoms with E-state index in [0.717, 1.165) is 10.2 Å². The standard InChI is InChI=1S/C2H5BrS3/c3-6-2-5-1-4/h4H,1-2H2. The molecule has 0 heterocycles. The molecule has 0 unspecified atom stereocenters. The van der Waals surface area contributed by atoms with Crippen LogP contribution in [0.1, 0.15) is 0 Å². The molecule has 0 amide bonds. The topological polar surface area (TPSA) is 0 Å². The number of hydrogen-bond donors (Lipinski definition) is 1. The first-order valence-electron chi connectivity index (χ1n) is 1.34. The maximum Gasteiger partial charge on any atom is 0.0509 e. The summed E-state index contributed by atoms with van der Waals surface area (Å²) in [7, 11) is 1.65. The van der Waals surface area contributed by atoms with Gasteiger partial charge in [-0.2, -0.15) is 12.6 Å². The minimum absolute atomic E-state index is 0.915. The molecule has 0 bridgehead atoms. The van der Waals surface area contributed by atoms with Crippen LogP contribution in [0.2, 0.25) is 0 Å². The number of rotatable bonds is 3. The van der Waals surface area contributed by atoms with Crippen LogP contribution in [0.25, 0.3) is 0 Å². The molecule has 0 saturated heterocycles. The van der Waals surface area contributed by atoms with E-state index < -0.39 is 0 Å². The average Bonchev–Trinajstić information content (AvgIpc) is 1.61. The normalized spacial score (nSPS) is 9.00. The van der Waals surface area contributed by atoms with Gasteiger partial charge in [0.05, 0.1) is 5.08 Å². The Hall–Kier alpha value is 1.53. The molecule has 0 nitrogen and oxygen atoms in total. The molecule has 4 heteroatoms. The number of thiol groups is 1. The van der Waals surface area contributed by atoms with E-state index in [9.17, 15) is 0 Å². The van der Waals surface area contributed by atoms with Crippen molar-refractivity contribution in [3.05, 3.63) is 0 Å². The number of halogens is 1. The Balaban J connectivity index is 2.34. The summed E-state index contributed by atoms with van der Waals surface area (Å²) in [6, 6.07) is 0. The first-order valence-corrected chi connectivity index (χ1v) is 5.95. The minimum Gasteiger partial charge on any atom is -0.168 e. The van der Waals surface area contributed by atoms with Gasteiger partial charge in [-0.1, -0.05) is 10.2 Å². The van der Waals surface area contributed by atoms with E-state index in [1.807, 2.05) is 0 Å². The van der Waals surface area contributed by atoms with Gasteiger partial charge in [0.15, 0.2) is 0 Å². The second kappa shape index (κ2) is 6.53. The van der Waals surface area contributed by atoms with Crippen LogP contribution in [0.15, 0.2) is 0 Å². The van der Waals surface area contributed by atoms with Crippen molar-refractivity contribution in [2.24, 2.45) is 0 Å². The highest BCUT2D eigenvalue weighted by atomic mass is 79.9. The zero-order valence-corrected chi connectivity index (χ0v) is 7.17. The summed E-state index contributed by atoms with van der Waals surface area (Å²) in [4.78, 5) is 0. The quantitative estimate of drug-likeness (QED) is 0.427. The summed E-state index contributed by atoms with van der Waals surface area (Å²) in [6.45, 7) is 0. The fraction of sp³-hybridized carbons (Fsp3) is 1.00. The second-order valence-corrected chi connectivity index (χ2v) is 4.54. The largest absolute Gasteiger partial charge is 0.168 e. The van der Waals surface area contributed by atoms with Crippen molar-refractivity contribution in [2.75, 3.05) is 10.2 Å². The van der Waals surface area contributed by atoms with Crippen molar-refractivity contribution < 1.29 is 0 Å². The van der Waals surface area contributed by atoms with Crippen molar-refractivity contribution in [3.8, 4) is 0 Å². The van der Waals surface area contributed by atoms with Crippen LogP contribution >= 0.6 is 49.4 Å². The van der Waals surface area contributed by atoms with Gasteiger partial charge in [-0.05, 0) is 14.8 Å². The van der Waals surface area contributed by atoms with E-state index >= 15 is 0 Å². The smallest absolute Gasteiger partial charge is 0.0509 e. The van der Waals surface area contributed by atoms with Crippen LogP contribution in [0.5, 0.6) is 0 Å². The predicted molar refractivity (Wildman–Crippen MR) is 42.8 cm³/mol. The maximum absolute atomic E-state index is 3.98. The monoisotopic (exact) mass is 204 g/mol. The molecule has 0 aliphatic carbocycles. The fourth-order valence-corrected chi connectivity index (χ4v) is 2.48. The highest BCUT2D eigenvalue weighted by molar-refractivity contribution is 9.50. The van der Waals surface area contributed by atoms with Crippen LogP contribution < -0.4 is 0 Å². The summed E-state index contributed by atoms with van der Waals surface area (Å²) < 4.78 is 0. The van der Waals surface area contributed by atoms with Gasteiger partial charge in [0.2, 0.25) is 0 Å². The van der Waals surface area contributed by atoms with Gasteiger partial charge in [-0.3, -0.25) is 0 Å². The lowest BCUT2D eigenvalue weighted by Crippen LogP contribution is -1.59. The van der Waals surface area contributed by atoms with Gasteiger partial charge in [-0.25, -0.2) is 0 Å². The Morgan fingerprint density at radius 1 is 1.67 bits per heavy atom. The molecule has 0 aliphatic rings. The number of thioether (sulfide) groups is 1. The zero-order valence-electron chi connectivity index (χ0n) is 3.06. The van der Waals surface area contributed by atoms with Gasteiger partial charge in [0, 0.05) is 5.08 Å². The second-order valence-electron chi connectivity index (χ2n) is 0.560. The summed E-state index contributed by atoms with van der Waals surface area (Å²) in [5.41, 5.74) is 0. The molecule has 0 spiro atoms. The zero-order chi connectivity index (χ0) is 4.83. The molecule has 6 heavy (non-hydrogen) atoms. The Morgan fingerprint density at radius 2 is 2.33 bits per heavy atom. The Kier molecular flexibility index (Phi) is 8.20. The lowest BCUT2D eigenvalue weighted by molar-refractivity contribution is 2.20.